The summed E-state index contributed by atoms with van der Waals surface area (Å²) in [5.41, 5.74) is 4.28. The fraction of sp³-hybridized carbons (Fsp3) is 0.259. The predicted octanol–water partition coefficient (Wildman–Crippen LogP) is 4.04. The second kappa shape index (κ2) is 10.5. The van der Waals surface area contributed by atoms with Gasteiger partial charge < -0.3 is 19.2 Å². The number of pyridine rings is 1. The van der Waals surface area contributed by atoms with E-state index in [0.29, 0.717) is 17.9 Å². The highest BCUT2D eigenvalue weighted by Gasteiger charge is 2.11. The molecule has 3 heterocycles. The molecule has 2 aromatic heterocycles. The Morgan fingerprint density at radius 3 is 2.71 bits per heavy atom. The SMILES string of the molecule is O=C(Nc1ccc(CCN2CCOCC2)cc1)c1cccc(OCc2cn3ccccc3n2)c1. The number of nitrogens with one attached hydrogen (secondary N) is 1. The third-order valence-electron chi connectivity index (χ3n) is 5.93. The number of nitrogens with zero attached hydrogens (tertiary/aromatic N) is 3. The fourth-order valence-electron chi connectivity index (χ4n) is 4.01. The Hall–Kier alpha value is -3.68. The Balaban J connectivity index is 1.15. The number of carbonyl (C=O) groups is 1. The molecule has 1 aliphatic heterocycles. The van der Waals surface area contributed by atoms with Gasteiger partial charge in [-0.2, -0.15) is 0 Å². The van der Waals surface area contributed by atoms with E-state index in [4.69, 9.17) is 9.47 Å². The number of rotatable bonds is 8. The fourth-order valence-corrected chi connectivity index (χ4v) is 4.01. The van der Waals surface area contributed by atoms with E-state index in [1.807, 2.05) is 59.3 Å². The molecule has 1 N–H and O–H groups in total. The van der Waals surface area contributed by atoms with E-state index >= 15 is 0 Å². The summed E-state index contributed by atoms with van der Waals surface area (Å²) in [5, 5.41) is 2.97. The number of imidazole rings is 1. The minimum Gasteiger partial charge on any atom is -0.487 e. The minimum absolute atomic E-state index is 0.167. The van der Waals surface area contributed by atoms with Crippen LogP contribution in [0, 0.1) is 0 Å². The molecule has 2 aromatic carbocycles. The van der Waals surface area contributed by atoms with Gasteiger partial charge in [0.2, 0.25) is 0 Å². The van der Waals surface area contributed by atoms with Crippen molar-refractivity contribution in [2.45, 2.75) is 13.0 Å². The number of amides is 1. The van der Waals surface area contributed by atoms with Crippen molar-refractivity contribution in [1.82, 2.24) is 14.3 Å². The van der Waals surface area contributed by atoms with Crippen LogP contribution in [0.25, 0.3) is 5.65 Å². The van der Waals surface area contributed by atoms with Crippen LogP contribution >= 0.6 is 0 Å². The molecule has 7 nitrogen and oxygen atoms in total. The van der Waals surface area contributed by atoms with Crippen molar-refractivity contribution in [3.05, 3.63) is 95.9 Å². The monoisotopic (exact) mass is 456 g/mol. The van der Waals surface area contributed by atoms with Crippen molar-refractivity contribution in [2.75, 3.05) is 38.2 Å². The molecule has 0 saturated carbocycles. The number of aromatic nitrogens is 2. The maximum absolute atomic E-state index is 12.8. The van der Waals surface area contributed by atoms with Gasteiger partial charge in [-0.1, -0.05) is 24.3 Å². The van der Waals surface area contributed by atoms with Crippen LogP contribution in [0.4, 0.5) is 5.69 Å². The van der Waals surface area contributed by atoms with Crippen LogP contribution < -0.4 is 10.1 Å². The maximum Gasteiger partial charge on any atom is 0.255 e. The van der Waals surface area contributed by atoms with E-state index in [0.717, 1.165) is 56.3 Å². The van der Waals surface area contributed by atoms with Gasteiger partial charge in [0.15, 0.2) is 0 Å². The zero-order valence-corrected chi connectivity index (χ0v) is 19.0. The summed E-state index contributed by atoms with van der Waals surface area (Å²) >= 11 is 0. The lowest BCUT2D eigenvalue weighted by Crippen LogP contribution is -2.37. The summed E-state index contributed by atoms with van der Waals surface area (Å²) in [5.74, 6) is 0.461. The molecular weight excluding hydrogens is 428 g/mol. The van der Waals surface area contributed by atoms with Gasteiger partial charge >= 0.3 is 0 Å². The average Bonchev–Trinajstić information content (AvgIpc) is 3.31. The van der Waals surface area contributed by atoms with Gasteiger partial charge in [-0.3, -0.25) is 9.69 Å². The highest BCUT2D eigenvalue weighted by Crippen LogP contribution is 2.18. The largest absolute Gasteiger partial charge is 0.487 e. The zero-order valence-electron chi connectivity index (χ0n) is 19.0. The number of hydrogen-bond donors (Lipinski definition) is 1. The molecule has 0 atom stereocenters. The summed E-state index contributed by atoms with van der Waals surface area (Å²) in [4.78, 5) is 19.7. The molecule has 5 rings (SSSR count). The second-order valence-corrected chi connectivity index (χ2v) is 8.37. The first kappa shape index (κ1) is 22.1. The summed E-state index contributed by atoms with van der Waals surface area (Å²) in [6.45, 7) is 4.98. The van der Waals surface area contributed by atoms with E-state index in [2.05, 4.69) is 27.3 Å². The molecule has 4 aromatic rings. The molecule has 0 aliphatic carbocycles. The van der Waals surface area contributed by atoms with Gasteiger partial charge in [0.05, 0.1) is 18.9 Å². The molecule has 34 heavy (non-hydrogen) atoms. The van der Waals surface area contributed by atoms with Crippen molar-refractivity contribution in [3.8, 4) is 5.75 Å². The van der Waals surface area contributed by atoms with Crippen molar-refractivity contribution in [2.24, 2.45) is 0 Å². The van der Waals surface area contributed by atoms with Crippen LogP contribution in [0.15, 0.2) is 79.1 Å². The van der Waals surface area contributed by atoms with E-state index in [1.54, 1.807) is 12.1 Å². The summed E-state index contributed by atoms with van der Waals surface area (Å²) in [6.07, 6.45) is 4.88. The van der Waals surface area contributed by atoms with Crippen molar-refractivity contribution in [3.63, 3.8) is 0 Å². The lowest BCUT2D eigenvalue weighted by atomic mass is 10.1. The second-order valence-electron chi connectivity index (χ2n) is 8.37. The van der Waals surface area contributed by atoms with Gasteiger partial charge in [0.25, 0.3) is 5.91 Å². The van der Waals surface area contributed by atoms with E-state index in [1.165, 1.54) is 5.56 Å². The predicted molar refractivity (Wildman–Crippen MR) is 131 cm³/mol. The smallest absolute Gasteiger partial charge is 0.255 e. The Kier molecular flexibility index (Phi) is 6.84. The first-order chi connectivity index (χ1) is 16.7. The summed E-state index contributed by atoms with van der Waals surface area (Å²) in [7, 11) is 0. The number of benzene rings is 2. The van der Waals surface area contributed by atoms with Crippen LogP contribution in [0.5, 0.6) is 5.75 Å². The molecular formula is C27H28N4O3. The Labute approximate surface area is 198 Å². The Bertz CT molecular complexity index is 1210. The zero-order chi connectivity index (χ0) is 23.2. The van der Waals surface area contributed by atoms with Crippen molar-refractivity contribution in [1.29, 1.82) is 0 Å². The van der Waals surface area contributed by atoms with Gasteiger partial charge in [-0.25, -0.2) is 4.98 Å². The first-order valence-corrected chi connectivity index (χ1v) is 11.6. The molecule has 7 heteroatoms. The molecule has 0 bridgehead atoms. The minimum atomic E-state index is -0.167. The van der Waals surface area contributed by atoms with Crippen LogP contribution in [0.2, 0.25) is 0 Å². The van der Waals surface area contributed by atoms with Gasteiger partial charge in [0.1, 0.15) is 18.0 Å². The number of morpholine rings is 1. The van der Waals surface area contributed by atoms with Crippen molar-refractivity contribution < 1.29 is 14.3 Å². The molecule has 1 saturated heterocycles. The maximum atomic E-state index is 12.8. The van der Waals surface area contributed by atoms with Gasteiger partial charge in [0, 0.05) is 43.3 Å². The quantitative estimate of drug-likeness (QED) is 0.433. The summed E-state index contributed by atoms with van der Waals surface area (Å²) < 4.78 is 13.2. The Morgan fingerprint density at radius 2 is 1.88 bits per heavy atom. The molecule has 174 valence electrons. The van der Waals surface area contributed by atoms with Crippen molar-refractivity contribution >= 4 is 17.2 Å². The van der Waals surface area contributed by atoms with E-state index < -0.39 is 0 Å². The van der Waals surface area contributed by atoms with E-state index in [-0.39, 0.29) is 5.91 Å². The number of carbonyl (C=O) groups excluding carboxylic acids is 1. The average molecular weight is 457 g/mol. The molecule has 0 radical (unpaired) electrons. The molecule has 1 fully saturated rings. The molecule has 0 spiro atoms. The highest BCUT2D eigenvalue weighted by atomic mass is 16.5. The van der Waals surface area contributed by atoms with Crippen LogP contribution in [0.1, 0.15) is 21.6 Å². The third-order valence-corrected chi connectivity index (χ3v) is 5.93. The third kappa shape index (κ3) is 5.62. The number of fused-ring (bicyclic) bond motifs is 1. The normalized spacial score (nSPS) is 14.2. The van der Waals surface area contributed by atoms with E-state index in [9.17, 15) is 4.79 Å². The first-order valence-electron chi connectivity index (χ1n) is 11.6. The lowest BCUT2D eigenvalue weighted by Gasteiger charge is -2.26. The lowest BCUT2D eigenvalue weighted by molar-refractivity contribution is 0.0384. The number of hydrogen-bond acceptors (Lipinski definition) is 5. The van der Waals surface area contributed by atoms with Crippen LogP contribution in [-0.2, 0) is 17.8 Å². The molecule has 1 amide bonds. The standard InChI is InChI=1S/C27H28N4O3/c32-27(29-23-9-7-21(8-10-23)11-13-30-14-16-33-17-15-30)22-4-3-5-25(18-22)34-20-24-19-31-12-2-1-6-26(31)28-24/h1-10,12,18-19H,11,13-17,20H2,(H,29,32). The van der Waals surface area contributed by atoms with Gasteiger partial charge in [-0.15, -0.1) is 0 Å². The topological polar surface area (TPSA) is 68.1 Å². The number of anilines is 1. The number of ether oxygens (including phenoxy) is 2. The van der Waals surface area contributed by atoms with Crippen LogP contribution in [-0.4, -0.2) is 53.0 Å². The summed E-state index contributed by atoms with van der Waals surface area (Å²) in [6, 6.07) is 21.1. The van der Waals surface area contributed by atoms with Gasteiger partial charge in [-0.05, 0) is 54.4 Å². The van der Waals surface area contributed by atoms with Crippen LogP contribution in [0.3, 0.4) is 0 Å². The molecule has 1 aliphatic rings. The molecule has 0 unspecified atom stereocenters. The highest BCUT2D eigenvalue weighted by molar-refractivity contribution is 6.04. The Morgan fingerprint density at radius 1 is 1.03 bits per heavy atom.